The van der Waals surface area contributed by atoms with Crippen molar-refractivity contribution in [1.82, 2.24) is 10.3 Å². The highest BCUT2D eigenvalue weighted by Gasteiger charge is 2.15. The predicted octanol–water partition coefficient (Wildman–Crippen LogP) is 2.90. The lowest BCUT2D eigenvalue weighted by Gasteiger charge is -2.28. The molecule has 1 N–H and O–H groups in total. The van der Waals surface area contributed by atoms with Crippen molar-refractivity contribution in [3.8, 4) is 0 Å². The highest BCUT2D eigenvalue weighted by molar-refractivity contribution is 5.96. The van der Waals surface area contributed by atoms with Crippen molar-refractivity contribution >= 4 is 22.7 Å². The third-order valence-electron chi connectivity index (χ3n) is 4.52. The average Bonchev–Trinajstić information content (AvgIpc) is 3.13. The predicted molar refractivity (Wildman–Crippen MR) is 99.4 cm³/mol. The Balaban J connectivity index is 1.44. The Bertz CT molecular complexity index is 929. The molecular formula is C20H21N3O3. The van der Waals surface area contributed by atoms with Gasteiger partial charge < -0.3 is 19.4 Å². The zero-order chi connectivity index (χ0) is 17.9. The number of morpholine rings is 1. The topological polar surface area (TPSA) is 67.6 Å². The number of hydrogen-bond acceptors (Lipinski definition) is 5. The van der Waals surface area contributed by atoms with E-state index in [2.05, 4.69) is 15.2 Å². The molecule has 1 fully saturated rings. The second kappa shape index (κ2) is 7.17. The molecule has 0 aliphatic carbocycles. The van der Waals surface area contributed by atoms with Crippen molar-refractivity contribution in [3.63, 3.8) is 0 Å². The number of rotatable bonds is 4. The molecule has 3 heterocycles. The molecule has 0 radical (unpaired) electrons. The molecule has 26 heavy (non-hydrogen) atoms. The summed E-state index contributed by atoms with van der Waals surface area (Å²) in [5, 5.41) is 3.82. The molecule has 4 rings (SSSR count). The molecule has 134 valence electrons. The minimum atomic E-state index is -0.237. The molecule has 2 aromatic heterocycles. The maximum atomic E-state index is 12.4. The fourth-order valence-corrected chi connectivity index (χ4v) is 3.11. The van der Waals surface area contributed by atoms with E-state index in [0.29, 0.717) is 25.5 Å². The molecule has 6 heteroatoms. The number of fused-ring (bicyclic) bond motifs is 1. The van der Waals surface area contributed by atoms with Crippen LogP contribution in [0.2, 0.25) is 0 Å². The maximum Gasteiger partial charge on any atom is 0.287 e. The van der Waals surface area contributed by atoms with E-state index in [9.17, 15) is 4.79 Å². The maximum absolute atomic E-state index is 12.4. The fraction of sp³-hybridized carbons (Fsp3) is 0.300. The van der Waals surface area contributed by atoms with Gasteiger partial charge in [-0.1, -0.05) is 24.3 Å². The Hall–Kier alpha value is -2.86. The number of nitrogens with one attached hydrogen (secondary N) is 1. The number of aryl methyl sites for hydroxylation is 1. The van der Waals surface area contributed by atoms with Crippen LogP contribution in [0.15, 0.2) is 46.9 Å². The van der Waals surface area contributed by atoms with Gasteiger partial charge in [-0.15, -0.1) is 0 Å². The Morgan fingerprint density at radius 3 is 2.81 bits per heavy atom. The minimum absolute atomic E-state index is 0.237. The number of carbonyl (C=O) groups is 1. The van der Waals surface area contributed by atoms with E-state index in [-0.39, 0.29) is 5.91 Å². The molecule has 3 aromatic rings. The van der Waals surface area contributed by atoms with Gasteiger partial charge in [0.25, 0.3) is 5.91 Å². The van der Waals surface area contributed by atoms with Crippen LogP contribution in [-0.4, -0.2) is 37.2 Å². The summed E-state index contributed by atoms with van der Waals surface area (Å²) >= 11 is 0. The average molecular weight is 351 g/mol. The lowest BCUT2D eigenvalue weighted by molar-refractivity contribution is 0.0925. The summed E-state index contributed by atoms with van der Waals surface area (Å²) in [6, 6.07) is 13.5. The monoisotopic (exact) mass is 351 g/mol. The van der Waals surface area contributed by atoms with E-state index in [4.69, 9.17) is 9.15 Å². The molecule has 0 saturated carbocycles. The van der Waals surface area contributed by atoms with Gasteiger partial charge in [0, 0.05) is 18.5 Å². The van der Waals surface area contributed by atoms with Crippen LogP contribution in [-0.2, 0) is 11.3 Å². The molecular weight excluding hydrogens is 330 g/mol. The highest BCUT2D eigenvalue weighted by Crippen LogP contribution is 2.22. The van der Waals surface area contributed by atoms with E-state index in [0.717, 1.165) is 41.1 Å². The molecule has 0 spiro atoms. The number of anilines is 1. The van der Waals surface area contributed by atoms with Crippen molar-refractivity contribution in [2.75, 3.05) is 31.2 Å². The highest BCUT2D eigenvalue weighted by atomic mass is 16.5. The van der Waals surface area contributed by atoms with Crippen LogP contribution in [0.1, 0.15) is 21.8 Å². The summed E-state index contributed by atoms with van der Waals surface area (Å²) in [6.07, 6.45) is 0. The number of benzene rings is 1. The number of ether oxygens (including phenoxy) is 1. The number of furan rings is 1. The summed E-state index contributed by atoms with van der Waals surface area (Å²) in [4.78, 5) is 19.3. The molecule has 1 saturated heterocycles. The second-order valence-corrected chi connectivity index (χ2v) is 6.37. The van der Waals surface area contributed by atoms with Crippen LogP contribution in [0.5, 0.6) is 0 Å². The minimum Gasteiger partial charge on any atom is -0.451 e. The first-order chi connectivity index (χ1) is 12.7. The quantitative estimate of drug-likeness (QED) is 0.783. The SMILES string of the molecule is Cc1cccc2cc(C(=O)NCc3cccc(N4CCOCC4)n3)oc12. The van der Waals surface area contributed by atoms with Crippen molar-refractivity contribution in [2.24, 2.45) is 0 Å². The molecule has 1 amide bonds. The first-order valence-corrected chi connectivity index (χ1v) is 8.77. The standard InChI is InChI=1S/C20H21N3O3/c1-14-4-2-5-15-12-17(26-19(14)15)20(24)21-13-16-6-3-7-18(22-16)23-8-10-25-11-9-23/h2-7,12H,8-11,13H2,1H3,(H,21,24). The normalized spacial score (nSPS) is 14.6. The number of para-hydroxylation sites is 1. The van der Waals surface area contributed by atoms with Gasteiger partial charge in [-0.05, 0) is 30.7 Å². The molecule has 1 aliphatic rings. The summed E-state index contributed by atoms with van der Waals surface area (Å²) in [6.45, 7) is 5.42. The second-order valence-electron chi connectivity index (χ2n) is 6.37. The zero-order valence-corrected chi connectivity index (χ0v) is 14.7. The molecule has 0 unspecified atom stereocenters. The molecule has 1 aromatic carbocycles. The van der Waals surface area contributed by atoms with Crippen LogP contribution in [0.4, 0.5) is 5.82 Å². The van der Waals surface area contributed by atoms with Gasteiger partial charge in [0.05, 0.1) is 25.5 Å². The Labute approximate surface area is 151 Å². The number of hydrogen-bond donors (Lipinski definition) is 1. The first kappa shape index (κ1) is 16.6. The van der Waals surface area contributed by atoms with Gasteiger partial charge >= 0.3 is 0 Å². The number of pyridine rings is 1. The Kier molecular flexibility index (Phi) is 4.58. The number of aromatic nitrogens is 1. The lowest BCUT2D eigenvalue weighted by Crippen LogP contribution is -2.37. The Morgan fingerprint density at radius 1 is 1.19 bits per heavy atom. The van der Waals surface area contributed by atoms with Crippen molar-refractivity contribution in [2.45, 2.75) is 13.5 Å². The smallest absolute Gasteiger partial charge is 0.287 e. The molecule has 0 atom stereocenters. The summed E-state index contributed by atoms with van der Waals surface area (Å²) in [5.41, 5.74) is 2.58. The van der Waals surface area contributed by atoms with Gasteiger partial charge in [-0.25, -0.2) is 4.98 Å². The molecule has 0 bridgehead atoms. The van der Waals surface area contributed by atoms with E-state index in [1.807, 2.05) is 43.3 Å². The van der Waals surface area contributed by atoms with Crippen LogP contribution in [0.25, 0.3) is 11.0 Å². The largest absolute Gasteiger partial charge is 0.451 e. The van der Waals surface area contributed by atoms with E-state index >= 15 is 0 Å². The van der Waals surface area contributed by atoms with Crippen molar-refractivity contribution < 1.29 is 13.9 Å². The van der Waals surface area contributed by atoms with E-state index in [1.165, 1.54) is 0 Å². The van der Waals surface area contributed by atoms with Crippen LogP contribution < -0.4 is 10.2 Å². The number of nitrogens with zero attached hydrogens (tertiary/aromatic N) is 2. The zero-order valence-electron chi connectivity index (χ0n) is 14.7. The van der Waals surface area contributed by atoms with Crippen LogP contribution in [0, 0.1) is 6.92 Å². The van der Waals surface area contributed by atoms with Gasteiger partial charge in [-0.2, -0.15) is 0 Å². The molecule has 1 aliphatic heterocycles. The fourth-order valence-electron chi connectivity index (χ4n) is 3.11. The van der Waals surface area contributed by atoms with Gasteiger partial charge in [0.15, 0.2) is 5.76 Å². The summed E-state index contributed by atoms with van der Waals surface area (Å²) in [5.74, 6) is 0.997. The summed E-state index contributed by atoms with van der Waals surface area (Å²) < 4.78 is 11.1. The van der Waals surface area contributed by atoms with Crippen molar-refractivity contribution in [1.29, 1.82) is 0 Å². The number of carbonyl (C=O) groups excluding carboxylic acids is 1. The van der Waals surface area contributed by atoms with Gasteiger partial charge in [-0.3, -0.25) is 4.79 Å². The van der Waals surface area contributed by atoms with Crippen molar-refractivity contribution in [3.05, 3.63) is 59.5 Å². The Morgan fingerprint density at radius 2 is 2.00 bits per heavy atom. The van der Waals surface area contributed by atoms with Crippen LogP contribution in [0.3, 0.4) is 0 Å². The van der Waals surface area contributed by atoms with Gasteiger partial charge in [0.2, 0.25) is 0 Å². The summed E-state index contributed by atoms with van der Waals surface area (Å²) in [7, 11) is 0. The third kappa shape index (κ3) is 3.41. The third-order valence-corrected chi connectivity index (χ3v) is 4.52. The molecule has 6 nitrogen and oxygen atoms in total. The lowest BCUT2D eigenvalue weighted by atomic mass is 10.2. The first-order valence-electron chi connectivity index (χ1n) is 8.77. The van der Waals surface area contributed by atoms with Crippen LogP contribution >= 0.6 is 0 Å². The number of amides is 1. The van der Waals surface area contributed by atoms with E-state index in [1.54, 1.807) is 6.07 Å². The van der Waals surface area contributed by atoms with E-state index < -0.39 is 0 Å². The van der Waals surface area contributed by atoms with Gasteiger partial charge in [0.1, 0.15) is 11.4 Å².